The fraction of sp³-hybridized carbons (Fsp3) is 0.448. The molecule has 10 nitrogen and oxygen atoms in total. The maximum absolute atomic E-state index is 13.7. The normalized spacial score (nSPS) is 17.7. The summed E-state index contributed by atoms with van der Waals surface area (Å²) in [6.07, 6.45) is 6.20. The largest absolute Gasteiger partial charge is 0.493 e. The number of halogens is 2. The van der Waals surface area contributed by atoms with Crippen molar-refractivity contribution in [2.75, 3.05) is 60.2 Å². The highest BCUT2D eigenvalue weighted by Gasteiger charge is 2.37. The number of hydrogen-bond donors (Lipinski definition) is 1. The van der Waals surface area contributed by atoms with Crippen molar-refractivity contribution in [3.8, 4) is 17.2 Å². The fourth-order valence-electron chi connectivity index (χ4n) is 4.76. The highest BCUT2D eigenvalue weighted by Crippen LogP contribution is 2.29. The van der Waals surface area contributed by atoms with Crippen LogP contribution < -0.4 is 14.2 Å². The monoisotopic (exact) mass is 574 g/mol. The van der Waals surface area contributed by atoms with E-state index in [-0.39, 0.29) is 38.0 Å². The third kappa shape index (κ3) is 8.87. The Morgan fingerprint density at radius 3 is 2.56 bits per heavy atom. The minimum atomic E-state index is -1.52. The van der Waals surface area contributed by atoms with Gasteiger partial charge in [-0.3, -0.25) is 9.69 Å². The van der Waals surface area contributed by atoms with Crippen molar-refractivity contribution >= 4 is 5.91 Å². The second-order valence-corrected chi connectivity index (χ2v) is 10.1. The summed E-state index contributed by atoms with van der Waals surface area (Å²) in [7, 11) is 3.00. The van der Waals surface area contributed by atoms with Gasteiger partial charge in [-0.2, -0.15) is 0 Å². The van der Waals surface area contributed by atoms with Gasteiger partial charge in [-0.25, -0.2) is 13.8 Å². The van der Waals surface area contributed by atoms with E-state index in [2.05, 4.69) is 4.98 Å². The van der Waals surface area contributed by atoms with Crippen LogP contribution in [0.2, 0.25) is 0 Å². The van der Waals surface area contributed by atoms with E-state index in [1.54, 1.807) is 19.6 Å². The number of amides is 1. The number of β-amino-alcohol motifs (C(OH)–C–C–N with tert-alkyl or cyclic N) is 1. The van der Waals surface area contributed by atoms with E-state index in [1.807, 2.05) is 33.9 Å². The van der Waals surface area contributed by atoms with Crippen molar-refractivity contribution in [2.24, 2.45) is 0 Å². The lowest BCUT2D eigenvalue weighted by molar-refractivity contribution is -0.138. The number of carbonyl (C=O) groups excluding carboxylic acids is 1. The summed E-state index contributed by atoms with van der Waals surface area (Å²) in [5.41, 5.74) is -0.606. The number of hydrogen-bond acceptors (Lipinski definition) is 8. The topological polar surface area (TPSA) is 98.5 Å². The molecule has 222 valence electrons. The molecule has 1 amide bonds. The van der Waals surface area contributed by atoms with E-state index in [0.717, 1.165) is 36.7 Å². The van der Waals surface area contributed by atoms with Gasteiger partial charge in [-0.1, -0.05) is 6.07 Å². The van der Waals surface area contributed by atoms with Crippen LogP contribution in [0, 0.1) is 11.6 Å². The van der Waals surface area contributed by atoms with E-state index < -0.39 is 17.2 Å². The molecule has 0 unspecified atom stereocenters. The van der Waals surface area contributed by atoms with Crippen molar-refractivity contribution in [3.05, 3.63) is 72.3 Å². The van der Waals surface area contributed by atoms with Gasteiger partial charge < -0.3 is 33.5 Å². The maximum atomic E-state index is 13.7. The lowest BCUT2D eigenvalue weighted by atomic mass is 10.0. The van der Waals surface area contributed by atoms with Gasteiger partial charge in [-0.15, -0.1) is 0 Å². The predicted octanol–water partition coefficient (Wildman–Crippen LogP) is 2.74. The third-order valence-corrected chi connectivity index (χ3v) is 6.66. The number of aryl methyl sites for hydroxylation is 1. The molecule has 0 saturated carbocycles. The van der Waals surface area contributed by atoms with Crippen molar-refractivity contribution in [1.82, 2.24) is 19.4 Å². The van der Waals surface area contributed by atoms with E-state index in [0.29, 0.717) is 37.7 Å². The van der Waals surface area contributed by atoms with E-state index in [9.17, 15) is 18.7 Å². The second-order valence-electron chi connectivity index (χ2n) is 10.1. The summed E-state index contributed by atoms with van der Waals surface area (Å²) < 4.78 is 51.4. The van der Waals surface area contributed by atoms with Crippen LogP contribution in [0.1, 0.15) is 12.0 Å². The van der Waals surface area contributed by atoms with Gasteiger partial charge in [0.25, 0.3) is 0 Å². The summed E-state index contributed by atoms with van der Waals surface area (Å²) in [6, 6.07) is 8.49. The first kappa shape index (κ1) is 30.2. The molecule has 1 N–H and O–H groups in total. The Balaban J connectivity index is 1.43. The van der Waals surface area contributed by atoms with Crippen LogP contribution in [0.3, 0.4) is 0 Å². The van der Waals surface area contributed by atoms with Crippen LogP contribution in [0.25, 0.3) is 0 Å². The highest BCUT2D eigenvalue weighted by molar-refractivity contribution is 5.77. The van der Waals surface area contributed by atoms with E-state index in [4.69, 9.17) is 18.9 Å². The van der Waals surface area contributed by atoms with Crippen LogP contribution in [-0.2, 0) is 22.6 Å². The standard InChI is InChI=1S/C29H36F2N4O6/c1-38-17-28(36)35-10-9-34(18-29(37,19-35)20-41-25-14-23(30)13-24(31)15-25)16-22-4-5-26(27(12-22)39-2)40-11-3-7-33-8-6-32-21-33/h4-6,8,12-15,21,37H,3,7,9-11,16-20H2,1-2H3/t29-/m0/s1. The minimum Gasteiger partial charge on any atom is -0.493 e. The van der Waals surface area contributed by atoms with Crippen LogP contribution in [0.15, 0.2) is 55.1 Å². The van der Waals surface area contributed by atoms with Crippen molar-refractivity contribution in [3.63, 3.8) is 0 Å². The Morgan fingerprint density at radius 2 is 1.85 bits per heavy atom. The van der Waals surface area contributed by atoms with Gasteiger partial charge in [0.1, 0.15) is 36.2 Å². The molecule has 4 rings (SSSR count). The zero-order valence-corrected chi connectivity index (χ0v) is 23.3. The summed E-state index contributed by atoms with van der Waals surface area (Å²) in [6.45, 7) is 2.28. The van der Waals surface area contributed by atoms with Crippen LogP contribution >= 0.6 is 0 Å². The number of methoxy groups -OCH3 is 2. The van der Waals surface area contributed by atoms with Crippen LogP contribution in [0.5, 0.6) is 17.2 Å². The second kappa shape index (κ2) is 14.2. The molecule has 1 saturated heterocycles. The fourth-order valence-corrected chi connectivity index (χ4v) is 4.76. The molecule has 0 aliphatic carbocycles. The molecule has 0 spiro atoms. The Morgan fingerprint density at radius 1 is 1.05 bits per heavy atom. The van der Waals surface area contributed by atoms with Gasteiger partial charge >= 0.3 is 0 Å². The zero-order valence-electron chi connectivity index (χ0n) is 23.3. The van der Waals surface area contributed by atoms with Gasteiger partial charge in [0.15, 0.2) is 11.5 Å². The molecule has 0 bridgehead atoms. The molecule has 2 aromatic carbocycles. The number of aliphatic hydroxyl groups is 1. The van der Waals surface area contributed by atoms with Crippen LogP contribution in [-0.4, -0.2) is 96.2 Å². The SMILES string of the molecule is COCC(=O)N1CCN(Cc2ccc(OCCCn3ccnc3)c(OC)c2)C[C@@](O)(COc2cc(F)cc(F)c2)C1. The molecule has 1 aliphatic heterocycles. The minimum absolute atomic E-state index is 0.0291. The number of nitrogens with zero attached hydrogens (tertiary/aromatic N) is 4. The quantitative estimate of drug-likeness (QED) is 0.312. The van der Waals surface area contributed by atoms with Crippen molar-refractivity contribution < 1.29 is 37.6 Å². The number of aromatic nitrogens is 2. The number of rotatable bonds is 13. The smallest absolute Gasteiger partial charge is 0.248 e. The Hall–Kier alpha value is -3.74. The summed E-state index contributed by atoms with van der Waals surface area (Å²) in [5.74, 6) is -0.686. The van der Waals surface area contributed by atoms with Gasteiger partial charge in [-0.05, 0) is 24.1 Å². The molecule has 12 heteroatoms. The molecule has 1 aliphatic rings. The van der Waals surface area contributed by atoms with E-state index >= 15 is 0 Å². The molecule has 0 radical (unpaired) electrons. The summed E-state index contributed by atoms with van der Waals surface area (Å²) >= 11 is 0. The van der Waals surface area contributed by atoms with Crippen molar-refractivity contribution in [1.29, 1.82) is 0 Å². The van der Waals surface area contributed by atoms with E-state index in [1.165, 1.54) is 12.0 Å². The van der Waals surface area contributed by atoms with Gasteiger partial charge in [0.2, 0.25) is 5.91 Å². The zero-order chi connectivity index (χ0) is 29.2. The van der Waals surface area contributed by atoms with Crippen molar-refractivity contribution in [2.45, 2.75) is 25.1 Å². The average molecular weight is 575 g/mol. The first-order valence-electron chi connectivity index (χ1n) is 13.3. The first-order valence-corrected chi connectivity index (χ1v) is 13.3. The van der Waals surface area contributed by atoms with Gasteiger partial charge in [0, 0.05) is 70.4 Å². The summed E-state index contributed by atoms with van der Waals surface area (Å²) in [4.78, 5) is 20.2. The first-order chi connectivity index (χ1) is 19.8. The maximum Gasteiger partial charge on any atom is 0.248 e. The molecule has 1 fully saturated rings. The number of imidazole rings is 1. The molecule has 3 aromatic rings. The Labute approximate surface area is 238 Å². The van der Waals surface area contributed by atoms with Gasteiger partial charge in [0.05, 0.1) is 26.6 Å². The molecular weight excluding hydrogens is 538 g/mol. The molecular formula is C29H36F2N4O6. The average Bonchev–Trinajstić information content (AvgIpc) is 3.40. The number of carbonyl (C=O) groups is 1. The lowest BCUT2D eigenvalue weighted by Gasteiger charge is -2.33. The number of ether oxygens (including phenoxy) is 4. The molecule has 2 heterocycles. The molecule has 1 aromatic heterocycles. The predicted molar refractivity (Wildman–Crippen MR) is 146 cm³/mol. The molecule has 1 atom stereocenters. The highest BCUT2D eigenvalue weighted by atomic mass is 19.1. The third-order valence-electron chi connectivity index (χ3n) is 6.66. The lowest BCUT2D eigenvalue weighted by Crippen LogP contribution is -2.52. The Bertz CT molecular complexity index is 1260. The Kier molecular flexibility index (Phi) is 10.5. The molecule has 41 heavy (non-hydrogen) atoms. The van der Waals surface area contributed by atoms with Crippen LogP contribution in [0.4, 0.5) is 8.78 Å². The summed E-state index contributed by atoms with van der Waals surface area (Å²) in [5, 5.41) is 11.6. The number of benzene rings is 2.